The Morgan fingerprint density at radius 2 is 1.88 bits per heavy atom. The van der Waals surface area contributed by atoms with Gasteiger partial charge in [0, 0.05) is 30.7 Å². The summed E-state index contributed by atoms with van der Waals surface area (Å²) < 4.78 is 11.8. The van der Waals surface area contributed by atoms with Gasteiger partial charge in [0.25, 0.3) is 0 Å². The molecule has 0 aliphatic carbocycles. The van der Waals surface area contributed by atoms with Crippen molar-refractivity contribution in [3.63, 3.8) is 0 Å². The van der Waals surface area contributed by atoms with Crippen LogP contribution in [0.15, 0.2) is 52.3 Å². The molecule has 1 unspecified atom stereocenters. The van der Waals surface area contributed by atoms with Gasteiger partial charge in [-0.15, -0.1) is 0 Å². The normalized spacial score (nSPS) is 15.1. The molecule has 2 amide bonds. The van der Waals surface area contributed by atoms with Crippen LogP contribution in [0.5, 0.6) is 17.2 Å². The van der Waals surface area contributed by atoms with Gasteiger partial charge >= 0.3 is 6.03 Å². The second-order valence-electron chi connectivity index (χ2n) is 5.23. The first-order valence-corrected chi connectivity index (χ1v) is 8.35. The summed E-state index contributed by atoms with van der Waals surface area (Å²) in [6.07, 6.45) is 0. The lowest BCUT2D eigenvalue weighted by molar-refractivity contribution is 0.0388. The number of benzene rings is 2. The Morgan fingerprint density at radius 1 is 1.17 bits per heavy atom. The summed E-state index contributed by atoms with van der Waals surface area (Å²) in [5, 5.41) is 12.0. The molecule has 2 N–H and O–H groups in total. The third kappa shape index (κ3) is 2.99. The van der Waals surface area contributed by atoms with Crippen molar-refractivity contribution in [3.8, 4) is 17.2 Å². The van der Waals surface area contributed by atoms with Gasteiger partial charge in [-0.3, -0.25) is 5.43 Å². The summed E-state index contributed by atoms with van der Waals surface area (Å²) in [5.74, 6) is 1.81. The third-order valence-corrected chi connectivity index (χ3v) is 5.30. The molecular weight excluding hydrogens is 330 g/mol. The van der Waals surface area contributed by atoms with E-state index in [-0.39, 0.29) is 0 Å². The molecule has 126 valence electrons. The average Bonchev–Trinajstić information content (AvgIpc) is 2.58. The van der Waals surface area contributed by atoms with Crippen molar-refractivity contribution in [2.75, 3.05) is 21.2 Å². The Kier molecular flexibility index (Phi) is 4.52. The number of nitrogens with zero attached hydrogens (tertiary/aromatic N) is 2. The minimum Gasteiger partial charge on any atom is -0.497 e. The highest BCUT2D eigenvalue weighted by molar-refractivity contribution is 7.95. The van der Waals surface area contributed by atoms with E-state index in [1.54, 1.807) is 45.5 Å². The van der Waals surface area contributed by atoms with Crippen LogP contribution in [-0.4, -0.2) is 41.9 Å². The van der Waals surface area contributed by atoms with Crippen LogP contribution in [0.2, 0.25) is 0 Å². The van der Waals surface area contributed by atoms with E-state index in [0.717, 1.165) is 4.90 Å². The molecule has 2 aromatic carbocycles. The maximum Gasteiger partial charge on any atom is 0.401 e. The molecule has 1 aliphatic heterocycles. The number of hydrogen-bond acceptors (Lipinski definition) is 5. The van der Waals surface area contributed by atoms with E-state index in [0.29, 0.717) is 26.6 Å². The maximum atomic E-state index is 12.3. The number of hydrazine groups is 1. The predicted molar refractivity (Wildman–Crippen MR) is 89.3 cm³/mol. The van der Waals surface area contributed by atoms with Gasteiger partial charge in [-0.2, -0.15) is 0 Å². The molecule has 0 saturated carbocycles. The van der Waals surface area contributed by atoms with E-state index >= 15 is 0 Å². The van der Waals surface area contributed by atoms with Gasteiger partial charge in [-0.25, -0.2) is 15.0 Å². The molecule has 0 aromatic heterocycles. The number of fused-ring (bicyclic) bond motifs is 2. The van der Waals surface area contributed by atoms with E-state index in [1.807, 2.05) is 18.2 Å². The largest absolute Gasteiger partial charge is 0.497 e. The summed E-state index contributed by atoms with van der Waals surface area (Å²) in [6, 6.07) is 12.0. The van der Waals surface area contributed by atoms with Crippen LogP contribution >= 0.6 is 0 Å². The minimum atomic E-state index is -1.05. The molecule has 8 heteroatoms. The Hall–Kier alpha value is -2.42. The zero-order valence-electron chi connectivity index (χ0n) is 13.5. The fraction of sp³-hybridized carbons (Fsp3) is 0.188. The highest BCUT2D eigenvalue weighted by Gasteiger charge is 2.46. The van der Waals surface area contributed by atoms with Crippen molar-refractivity contribution in [1.82, 2.24) is 14.9 Å². The Balaban J connectivity index is 2.08. The molecule has 0 radical (unpaired) electrons. The number of hydrogen-bond donors (Lipinski definition) is 2. The van der Waals surface area contributed by atoms with Gasteiger partial charge in [-0.1, -0.05) is 12.1 Å². The van der Waals surface area contributed by atoms with E-state index in [4.69, 9.17) is 9.47 Å². The molecule has 0 spiro atoms. The Labute approximate surface area is 142 Å². The van der Waals surface area contributed by atoms with Crippen LogP contribution in [0.3, 0.4) is 0 Å². The zero-order valence-corrected chi connectivity index (χ0v) is 14.3. The summed E-state index contributed by atoms with van der Waals surface area (Å²) in [6.45, 7) is 0. The van der Waals surface area contributed by atoms with Gasteiger partial charge in [0.1, 0.15) is 5.75 Å². The van der Waals surface area contributed by atoms with E-state index in [9.17, 15) is 10.0 Å². The molecule has 0 saturated heterocycles. The zero-order chi connectivity index (χ0) is 17.3. The van der Waals surface area contributed by atoms with Gasteiger partial charge in [0.15, 0.2) is 11.5 Å². The smallest absolute Gasteiger partial charge is 0.401 e. The summed E-state index contributed by atoms with van der Waals surface area (Å²) in [7, 11) is 4.90. The molecule has 1 heterocycles. The van der Waals surface area contributed by atoms with Crippen LogP contribution in [-0.2, 0) is 11.1 Å². The molecule has 0 bridgehead atoms. The molecular formula is C16H18N3O4S+. The van der Waals surface area contributed by atoms with Gasteiger partial charge in [0.05, 0.1) is 7.11 Å². The van der Waals surface area contributed by atoms with Gasteiger partial charge in [-0.05, 0) is 18.2 Å². The number of rotatable bonds is 3. The third-order valence-electron chi connectivity index (χ3n) is 3.30. The van der Waals surface area contributed by atoms with E-state index < -0.39 is 17.1 Å². The SMILES string of the molecule is COc1ccc2c(c1)[S+](N(O)C(=O)NN(C)C)c1ccccc1O2. The van der Waals surface area contributed by atoms with Crippen LogP contribution < -0.4 is 14.9 Å². The topological polar surface area (TPSA) is 74.3 Å². The first-order chi connectivity index (χ1) is 11.5. The van der Waals surface area contributed by atoms with Gasteiger partial charge in [0.2, 0.25) is 20.9 Å². The number of urea groups is 1. The second-order valence-corrected chi connectivity index (χ2v) is 7.03. The molecule has 2 aromatic rings. The monoisotopic (exact) mass is 348 g/mol. The Morgan fingerprint density at radius 3 is 2.58 bits per heavy atom. The molecule has 7 nitrogen and oxygen atoms in total. The van der Waals surface area contributed by atoms with Crippen molar-refractivity contribution in [2.45, 2.75) is 9.79 Å². The van der Waals surface area contributed by atoms with Crippen LogP contribution in [0, 0.1) is 0 Å². The van der Waals surface area contributed by atoms with E-state index in [1.165, 1.54) is 5.01 Å². The number of hydroxylamine groups is 1. The van der Waals surface area contributed by atoms with Gasteiger partial charge < -0.3 is 9.47 Å². The first-order valence-electron chi connectivity index (χ1n) is 7.17. The maximum absolute atomic E-state index is 12.3. The lowest BCUT2D eigenvalue weighted by atomic mass is 10.3. The Bertz CT molecular complexity index is 769. The fourth-order valence-corrected chi connectivity index (χ4v) is 4.14. The number of ether oxygens (including phenoxy) is 2. The lowest BCUT2D eigenvalue weighted by Gasteiger charge is -2.23. The fourth-order valence-electron chi connectivity index (χ4n) is 2.29. The number of amides is 2. The number of para-hydroxylation sites is 1. The van der Waals surface area contributed by atoms with Crippen molar-refractivity contribution in [1.29, 1.82) is 0 Å². The summed E-state index contributed by atoms with van der Waals surface area (Å²) >= 11 is -1.05. The molecule has 1 atom stereocenters. The lowest BCUT2D eigenvalue weighted by Crippen LogP contribution is -2.47. The quantitative estimate of drug-likeness (QED) is 0.507. The average molecular weight is 348 g/mol. The van der Waals surface area contributed by atoms with Crippen molar-refractivity contribution in [2.24, 2.45) is 0 Å². The first kappa shape index (κ1) is 16.4. The van der Waals surface area contributed by atoms with Crippen molar-refractivity contribution < 1.29 is 19.5 Å². The second kappa shape index (κ2) is 6.60. The van der Waals surface area contributed by atoms with Crippen LogP contribution in [0.4, 0.5) is 4.79 Å². The molecule has 3 rings (SSSR count). The van der Waals surface area contributed by atoms with E-state index in [2.05, 4.69) is 5.43 Å². The predicted octanol–water partition coefficient (Wildman–Crippen LogP) is 2.63. The standard InChI is InChI=1S/C16H17N3O4S/c1-18(2)17-16(20)19(21)24-14-7-5-4-6-12(14)23-13-9-8-11(22-3)10-15(13)24/h4-10,21H,1-3H3/p+1. The summed E-state index contributed by atoms with van der Waals surface area (Å²) in [5.41, 5.74) is 2.54. The molecule has 24 heavy (non-hydrogen) atoms. The minimum absolute atomic E-state index is 0.578. The molecule has 1 aliphatic rings. The van der Waals surface area contributed by atoms with Crippen molar-refractivity contribution >= 4 is 17.1 Å². The number of methoxy groups -OCH3 is 1. The number of carbonyl (C=O) groups excluding carboxylic acids is 1. The molecule has 0 fully saturated rings. The highest BCUT2D eigenvalue weighted by Crippen LogP contribution is 2.45. The van der Waals surface area contributed by atoms with Crippen LogP contribution in [0.1, 0.15) is 0 Å². The highest BCUT2D eigenvalue weighted by atomic mass is 32.2. The van der Waals surface area contributed by atoms with Crippen molar-refractivity contribution in [3.05, 3.63) is 42.5 Å². The number of carbonyl (C=O) groups is 1. The van der Waals surface area contributed by atoms with Crippen LogP contribution in [0.25, 0.3) is 0 Å². The number of nitrogens with one attached hydrogen (secondary N) is 1. The summed E-state index contributed by atoms with van der Waals surface area (Å²) in [4.78, 5) is 13.7.